The molecule has 1 saturated heterocycles. The summed E-state index contributed by atoms with van der Waals surface area (Å²) in [6, 6.07) is 13.8. The van der Waals surface area contributed by atoms with E-state index in [1.54, 1.807) is 24.3 Å². The second kappa shape index (κ2) is 9.85. The molecule has 0 bridgehead atoms. The van der Waals surface area contributed by atoms with Crippen LogP contribution in [0.3, 0.4) is 0 Å². The first-order chi connectivity index (χ1) is 16.2. The second-order valence-corrected chi connectivity index (χ2v) is 8.38. The number of carbonyl (C=O) groups is 3. The van der Waals surface area contributed by atoms with Crippen molar-refractivity contribution in [2.24, 2.45) is 0 Å². The topological polar surface area (TPSA) is 75.7 Å². The van der Waals surface area contributed by atoms with Gasteiger partial charge in [0.15, 0.2) is 0 Å². The molecule has 0 aromatic heterocycles. The smallest absolute Gasteiger partial charge is 0.335 e. The standard InChI is InChI=1S/C24H14Cl3FN2O4/c25-15-9-14(21(19(27)11-15)34-12-13-5-7-16(28)8-6-13)10-17-22(31)29-24(33)30(23(17)32)20-4-2-1-3-18(20)26/h1-11H,12H2,(H,29,31,33)/b17-10+. The van der Waals surface area contributed by atoms with E-state index in [9.17, 15) is 18.8 Å². The van der Waals surface area contributed by atoms with Gasteiger partial charge in [0.1, 0.15) is 23.7 Å². The lowest BCUT2D eigenvalue weighted by molar-refractivity contribution is -0.122. The van der Waals surface area contributed by atoms with Gasteiger partial charge >= 0.3 is 6.03 Å². The van der Waals surface area contributed by atoms with E-state index in [0.29, 0.717) is 5.56 Å². The first-order valence-electron chi connectivity index (χ1n) is 9.77. The van der Waals surface area contributed by atoms with Gasteiger partial charge in [-0.1, -0.05) is 59.1 Å². The van der Waals surface area contributed by atoms with Crippen molar-refractivity contribution >= 4 is 64.4 Å². The van der Waals surface area contributed by atoms with Gasteiger partial charge in [-0.05, 0) is 48.0 Å². The van der Waals surface area contributed by atoms with Crippen LogP contribution in [0, 0.1) is 5.82 Å². The molecular formula is C24H14Cl3FN2O4. The molecule has 1 fully saturated rings. The van der Waals surface area contributed by atoms with E-state index in [2.05, 4.69) is 5.32 Å². The van der Waals surface area contributed by atoms with Crippen LogP contribution in [-0.4, -0.2) is 17.8 Å². The molecule has 10 heteroatoms. The van der Waals surface area contributed by atoms with Crippen molar-refractivity contribution in [2.75, 3.05) is 4.90 Å². The van der Waals surface area contributed by atoms with Gasteiger partial charge in [0, 0.05) is 10.6 Å². The summed E-state index contributed by atoms with van der Waals surface area (Å²) in [4.78, 5) is 38.9. The summed E-state index contributed by atoms with van der Waals surface area (Å²) in [5.74, 6) is -2.04. The molecular weight excluding hydrogens is 506 g/mol. The Morgan fingerprint density at radius 1 is 0.941 bits per heavy atom. The first-order valence-corrected chi connectivity index (χ1v) is 10.9. The van der Waals surface area contributed by atoms with Crippen molar-refractivity contribution in [3.63, 3.8) is 0 Å². The van der Waals surface area contributed by atoms with Crippen LogP contribution in [-0.2, 0) is 16.2 Å². The zero-order valence-corrected chi connectivity index (χ0v) is 19.4. The van der Waals surface area contributed by atoms with Gasteiger partial charge in [-0.2, -0.15) is 0 Å². The lowest BCUT2D eigenvalue weighted by Crippen LogP contribution is -2.54. The first kappa shape index (κ1) is 23.8. The van der Waals surface area contributed by atoms with E-state index in [-0.39, 0.29) is 44.2 Å². The molecule has 0 radical (unpaired) electrons. The molecule has 0 atom stereocenters. The molecule has 1 aliphatic heterocycles. The van der Waals surface area contributed by atoms with E-state index in [1.807, 2.05) is 0 Å². The highest BCUT2D eigenvalue weighted by molar-refractivity contribution is 6.42. The van der Waals surface area contributed by atoms with Crippen LogP contribution in [0.2, 0.25) is 15.1 Å². The highest BCUT2D eigenvalue weighted by atomic mass is 35.5. The Bertz CT molecular complexity index is 1340. The number of imide groups is 2. The number of carbonyl (C=O) groups excluding carboxylic acids is 3. The predicted octanol–water partition coefficient (Wildman–Crippen LogP) is 6.03. The Kier molecular flexibility index (Phi) is 6.88. The number of halogens is 4. The monoisotopic (exact) mass is 518 g/mol. The molecule has 4 rings (SSSR count). The number of anilines is 1. The zero-order chi connectivity index (χ0) is 24.4. The summed E-state index contributed by atoms with van der Waals surface area (Å²) < 4.78 is 19.0. The number of barbiturate groups is 1. The van der Waals surface area contributed by atoms with E-state index >= 15 is 0 Å². The van der Waals surface area contributed by atoms with Crippen LogP contribution in [0.5, 0.6) is 5.75 Å². The number of urea groups is 1. The lowest BCUT2D eigenvalue weighted by Gasteiger charge is -2.27. The van der Waals surface area contributed by atoms with E-state index in [4.69, 9.17) is 39.5 Å². The van der Waals surface area contributed by atoms with Gasteiger partial charge in [-0.3, -0.25) is 14.9 Å². The number of nitrogens with one attached hydrogen (secondary N) is 1. The third-order valence-electron chi connectivity index (χ3n) is 4.83. The number of benzene rings is 3. The average Bonchev–Trinajstić information content (AvgIpc) is 2.78. The quantitative estimate of drug-likeness (QED) is 0.330. The van der Waals surface area contributed by atoms with Gasteiger partial charge in [0.2, 0.25) is 0 Å². The number of amides is 4. The molecule has 0 spiro atoms. The zero-order valence-electron chi connectivity index (χ0n) is 17.2. The molecule has 1 aliphatic rings. The Morgan fingerprint density at radius 3 is 2.35 bits per heavy atom. The molecule has 1 heterocycles. The molecule has 4 amide bonds. The van der Waals surface area contributed by atoms with E-state index in [0.717, 1.165) is 4.90 Å². The Morgan fingerprint density at radius 2 is 1.65 bits per heavy atom. The summed E-state index contributed by atoms with van der Waals surface area (Å²) in [7, 11) is 0. The average molecular weight is 520 g/mol. The maximum Gasteiger partial charge on any atom is 0.335 e. The maximum atomic E-state index is 13.2. The van der Waals surface area contributed by atoms with Crippen molar-refractivity contribution < 1.29 is 23.5 Å². The van der Waals surface area contributed by atoms with Crippen LogP contribution in [0.15, 0.2) is 66.2 Å². The SMILES string of the molecule is O=C1NC(=O)N(c2ccccc2Cl)C(=O)/C1=C/c1cc(Cl)cc(Cl)c1OCc1ccc(F)cc1. The van der Waals surface area contributed by atoms with Gasteiger partial charge in [-0.15, -0.1) is 0 Å². The molecule has 1 N–H and O–H groups in total. The number of ether oxygens (including phenoxy) is 1. The van der Waals surface area contributed by atoms with Crippen molar-refractivity contribution in [1.82, 2.24) is 5.32 Å². The third kappa shape index (κ3) is 4.92. The normalized spacial score (nSPS) is 15.0. The van der Waals surface area contributed by atoms with Crippen LogP contribution >= 0.6 is 34.8 Å². The number of rotatable bonds is 5. The van der Waals surface area contributed by atoms with Crippen molar-refractivity contribution in [2.45, 2.75) is 6.61 Å². The Labute approximate surface area is 208 Å². The minimum atomic E-state index is -0.933. The molecule has 0 unspecified atom stereocenters. The fourth-order valence-corrected chi connectivity index (χ4v) is 4.02. The minimum Gasteiger partial charge on any atom is -0.487 e. The number of nitrogens with zero attached hydrogens (tertiary/aromatic N) is 1. The van der Waals surface area contributed by atoms with Crippen molar-refractivity contribution in [1.29, 1.82) is 0 Å². The third-order valence-corrected chi connectivity index (χ3v) is 5.65. The highest BCUT2D eigenvalue weighted by Crippen LogP contribution is 2.36. The molecule has 3 aromatic rings. The molecule has 0 aliphatic carbocycles. The fourth-order valence-electron chi connectivity index (χ4n) is 3.24. The van der Waals surface area contributed by atoms with Gasteiger partial charge in [-0.25, -0.2) is 14.1 Å². The molecule has 0 saturated carbocycles. The second-order valence-electron chi connectivity index (χ2n) is 7.13. The fraction of sp³-hybridized carbons (Fsp3) is 0.0417. The summed E-state index contributed by atoms with van der Waals surface area (Å²) >= 11 is 18.6. The van der Waals surface area contributed by atoms with Crippen LogP contribution in [0.1, 0.15) is 11.1 Å². The number of para-hydroxylation sites is 1. The summed E-state index contributed by atoms with van der Waals surface area (Å²) in [6.07, 6.45) is 1.23. The lowest BCUT2D eigenvalue weighted by atomic mass is 10.1. The summed E-state index contributed by atoms with van der Waals surface area (Å²) in [6.45, 7) is 0.0299. The van der Waals surface area contributed by atoms with Crippen LogP contribution in [0.25, 0.3) is 6.08 Å². The molecule has 34 heavy (non-hydrogen) atoms. The van der Waals surface area contributed by atoms with Gasteiger partial charge in [0.05, 0.1) is 15.7 Å². The Balaban J connectivity index is 1.72. The summed E-state index contributed by atoms with van der Waals surface area (Å²) in [5.41, 5.74) is 0.644. The predicted molar refractivity (Wildman–Crippen MR) is 128 cm³/mol. The Hall–Kier alpha value is -3.39. The van der Waals surface area contributed by atoms with Crippen molar-refractivity contribution in [3.8, 4) is 5.75 Å². The van der Waals surface area contributed by atoms with E-state index in [1.165, 1.54) is 42.5 Å². The highest BCUT2D eigenvalue weighted by Gasteiger charge is 2.37. The van der Waals surface area contributed by atoms with Gasteiger partial charge < -0.3 is 4.74 Å². The summed E-state index contributed by atoms with van der Waals surface area (Å²) in [5, 5.41) is 2.63. The van der Waals surface area contributed by atoms with E-state index < -0.39 is 23.7 Å². The van der Waals surface area contributed by atoms with Gasteiger partial charge in [0.25, 0.3) is 11.8 Å². The van der Waals surface area contributed by atoms with Crippen LogP contribution < -0.4 is 15.0 Å². The number of hydrogen-bond acceptors (Lipinski definition) is 4. The number of hydrogen-bond donors (Lipinski definition) is 1. The maximum absolute atomic E-state index is 13.2. The van der Waals surface area contributed by atoms with Crippen molar-refractivity contribution in [3.05, 3.63) is 98.2 Å². The minimum absolute atomic E-state index is 0.0299. The largest absolute Gasteiger partial charge is 0.487 e. The van der Waals surface area contributed by atoms with Crippen LogP contribution in [0.4, 0.5) is 14.9 Å². The molecule has 3 aromatic carbocycles. The molecule has 172 valence electrons. The molecule has 6 nitrogen and oxygen atoms in total.